The minimum absolute atomic E-state index is 0.149. The van der Waals surface area contributed by atoms with E-state index in [1.807, 2.05) is 44.0 Å². The molecule has 0 unspecified atom stereocenters. The number of pyridine rings is 1. The van der Waals surface area contributed by atoms with Crippen LogP contribution in [0.3, 0.4) is 0 Å². The summed E-state index contributed by atoms with van der Waals surface area (Å²) < 4.78 is 0. The second-order valence-corrected chi connectivity index (χ2v) is 6.85. The van der Waals surface area contributed by atoms with Crippen molar-refractivity contribution >= 4 is 5.91 Å². The number of aromatic nitrogens is 3. The van der Waals surface area contributed by atoms with Crippen LogP contribution >= 0.6 is 0 Å². The molecule has 0 aromatic carbocycles. The van der Waals surface area contributed by atoms with Crippen molar-refractivity contribution in [3.05, 3.63) is 36.2 Å². The summed E-state index contributed by atoms with van der Waals surface area (Å²) in [5.41, 5.74) is 2.57. The maximum atomic E-state index is 12.7. The highest BCUT2D eigenvalue weighted by atomic mass is 16.2. The Labute approximate surface area is 130 Å². The molecule has 5 nitrogen and oxygen atoms in total. The Morgan fingerprint density at radius 2 is 2.14 bits per heavy atom. The first-order valence-electron chi connectivity index (χ1n) is 7.73. The van der Waals surface area contributed by atoms with Gasteiger partial charge in [0.2, 0.25) is 5.91 Å². The molecule has 0 radical (unpaired) electrons. The number of hydrogen-bond acceptors (Lipinski definition) is 3. The van der Waals surface area contributed by atoms with E-state index in [0.717, 1.165) is 36.3 Å². The Balaban J connectivity index is 1.90. The number of H-pyrrole nitrogens is 1. The normalized spacial score (nSPS) is 18.7. The summed E-state index contributed by atoms with van der Waals surface area (Å²) in [4.78, 5) is 19.1. The van der Waals surface area contributed by atoms with Crippen LogP contribution in [0, 0.1) is 5.41 Å². The van der Waals surface area contributed by atoms with Crippen LogP contribution in [0.2, 0.25) is 0 Å². The van der Waals surface area contributed by atoms with Gasteiger partial charge in [-0.05, 0) is 36.6 Å². The van der Waals surface area contributed by atoms with Crippen LogP contribution in [0.25, 0.3) is 11.4 Å². The van der Waals surface area contributed by atoms with E-state index in [2.05, 4.69) is 21.2 Å². The van der Waals surface area contributed by atoms with Crippen LogP contribution < -0.4 is 0 Å². The lowest BCUT2D eigenvalue weighted by molar-refractivity contribution is -0.140. The highest BCUT2D eigenvalue weighted by Gasteiger charge is 2.35. The Bertz CT molecular complexity index is 658. The van der Waals surface area contributed by atoms with Crippen molar-refractivity contribution in [3.8, 4) is 11.4 Å². The van der Waals surface area contributed by atoms with Gasteiger partial charge in [-0.15, -0.1) is 0 Å². The molecule has 1 aliphatic heterocycles. The standard InChI is InChI=1S/C17H22N4O/c1-17(2,3)16(22)21-10-4-5-15(21)12-6-8-18-14(11-12)13-7-9-19-20-13/h6-9,11,15H,4-5,10H2,1-3H3,(H,19,20)/t15-/m0/s1. The third-order valence-electron chi connectivity index (χ3n) is 4.10. The second-order valence-electron chi connectivity index (χ2n) is 6.85. The van der Waals surface area contributed by atoms with Crippen molar-refractivity contribution in [3.63, 3.8) is 0 Å². The third kappa shape index (κ3) is 2.75. The van der Waals surface area contributed by atoms with E-state index in [-0.39, 0.29) is 17.4 Å². The summed E-state index contributed by atoms with van der Waals surface area (Å²) in [6.07, 6.45) is 5.58. The highest BCUT2D eigenvalue weighted by Crippen LogP contribution is 2.35. The molecular weight excluding hydrogens is 276 g/mol. The van der Waals surface area contributed by atoms with Crippen molar-refractivity contribution in [2.45, 2.75) is 39.7 Å². The smallest absolute Gasteiger partial charge is 0.228 e. The van der Waals surface area contributed by atoms with Gasteiger partial charge in [0.05, 0.1) is 17.4 Å². The van der Waals surface area contributed by atoms with Crippen molar-refractivity contribution in [2.75, 3.05) is 6.54 Å². The predicted octanol–water partition coefficient (Wildman–Crippen LogP) is 3.18. The number of likely N-dealkylation sites (tertiary alicyclic amines) is 1. The van der Waals surface area contributed by atoms with Crippen LogP contribution in [0.1, 0.15) is 45.2 Å². The fraction of sp³-hybridized carbons (Fsp3) is 0.471. The van der Waals surface area contributed by atoms with Gasteiger partial charge in [-0.2, -0.15) is 5.10 Å². The SMILES string of the molecule is CC(C)(C)C(=O)N1CCC[C@H]1c1ccnc(-c2ccn[nH]2)c1. The van der Waals surface area contributed by atoms with E-state index in [4.69, 9.17) is 0 Å². The van der Waals surface area contributed by atoms with E-state index in [1.54, 1.807) is 6.20 Å². The van der Waals surface area contributed by atoms with Gasteiger partial charge >= 0.3 is 0 Å². The summed E-state index contributed by atoms with van der Waals surface area (Å²) in [7, 11) is 0. The van der Waals surface area contributed by atoms with Crippen LogP contribution in [-0.2, 0) is 4.79 Å². The van der Waals surface area contributed by atoms with Crippen LogP contribution in [-0.4, -0.2) is 32.5 Å². The van der Waals surface area contributed by atoms with Gasteiger partial charge in [0.1, 0.15) is 0 Å². The van der Waals surface area contributed by atoms with Crippen LogP contribution in [0.15, 0.2) is 30.6 Å². The van der Waals surface area contributed by atoms with Crippen molar-refractivity contribution in [1.29, 1.82) is 0 Å². The second kappa shape index (κ2) is 5.55. The fourth-order valence-corrected chi connectivity index (χ4v) is 2.99. The lowest BCUT2D eigenvalue weighted by atomic mass is 9.93. The van der Waals surface area contributed by atoms with E-state index < -0.39 is 0 Å². The quantitative estimate of drug-likeness (QED) is 0.926. The molecule has 0 aliphatic carbocycles. The van der Waals surface area contributed by atoms with Crippen molar-refractivity contribution in [2.24, 2.45) is 5.41 Å². The summed E-state index contributed by atoms with van der Waals surface area (Å²) in [5.74, 6) is 0.218. The largest absolute Gasteiger partial charge is 0.335 e. The van der Waals surface area contributed by atoms with Crippen molar-refractivity contribution < 1.29 is 4.79 Å². The lowest BCUT2D eigenvalue weighted by Gasteiger charge is -2.31. The monoisotopic (exact) mass is 298 g/mol. The molecule has 2 aromatic rings. The molecule has 0 spiro atoms. The molecule has 0 bridgehead atoms. The van der Waals surface area contributed by atoms with Crippen LogP contribution in [0.4, 0.5) is 0 Å². The van der Waals surface area contributed by atoms with Gasteiger partial charge in [0.15, 0.2) is 0 Å². The topological polar surface area (TPSA) is 61.9 Å². The molecule has 2 aromatic heterocycles. The first kappa shape index (κ1) is 14.8. The van der Waals surface area contributed by atoms with Gasteiger partial charge in [0, 0.05) is 24.4 Å². The molecule has 0 saturated carbocycles. The molecule has 3 heterocycles. The Hall–Kier alpha value is -2.17. The summed E-state index contributed by atoms with van der Waals surface area (Å²) >= 11 is 0. The first-order chi connectivity index (χ1) is 10.5. The fourth-order valence-electron chi connectivity index (χ4n) is 2.99. The zero-order chi connectivity index (χ0) is 15.7. The molecule has 1 fully saturated rings. The zero-order valence-electron chi connectivity index (χ0n) is 13.3. The first-order valence-corrected chi connectivity index (χ1v) is 7.73. The van der Waals surface area contributed by atoms with E-state index in [9.17, 15) is 4.79 Å². The molecule has 1 N–H and O–H groups in total. The average Bonchev–Trinajstić information content (AvgIpc) is 3.17. The Kier molecular flexibility index (Phi) is 3.72. The minimum Gasteiger partial charge on any atom is -0.335 e. The van der Waals surface area contributed by atoms with Gasteiger partial charge < -0.3 is 4.90 Å². The van der Waals surface area contributed by atoms with E-state index in [0.29, 0.717) is 0 Å². The van der Waals surface area contributed by atoms with Gasteiger partial charge in [-0.1, -0.05) is 20.8 Å². The Morgan fingerprint density at radius 3 is 2.82 bits per heavy atom. The predicted molar refractivity (Wildman–Crippen MR) is 85.0 cm³/mol. The molecule has 1 saturated heterocycles. The molecule has 116 valence electrons. The van der Waals surface area contributed by atoms with E-state index in [1.165, 1.54) is 0 Å². The third-order valence-corrected chi connectivity index (χ3v) is 4.10. The van der Waals surface area contributed by atoms with Gasteiger partial charge in [-0.3, -0.25) is 14.9 Å². The molecule has 1 amide bonds. The maximum Gasteiger partial charge on any atom is 0.228 e. The van der Waals surface area contributed by atoms with Gasteiger partial charge in [-0.25, -0.2) is 0 Å². The zero-order valence-corrected chi connectivity index (χ0v) is 13.3. The number of aromatic amines is 1. The summed E-state index contributed by atoms with van der Waals surface area (Å²) in [6.45, 7) is 6.77. The molecular formula is C17H22N4O. The number of carbonyl (C=O) groups is 1. The number of amides is 1. The lowest BCUT2D eigenvalue weighted by Crippen LogP contribution is -2.39. The summed E-state index contributed by atoms with van der Waals surface area (Å²) in [6, 6.07) is 6.13. The average molecular weight is 298 g/mol. The summed E-state index contributed by atoms with van der Waals surface area (Å²) in [5, 5.41) is 6.91. The highest BCUT2D eigenvalue weighted by molar-refractivity contribution is 5.82. The van der Waals surface area contributed by atoms with Crippen LogP contribution in [0.5, 0.6) is 0 Å². The molecule has 3 rings (SSSR count). The number of rotatable bonds is 2. The molecule has 1 atom stereocenters. The molecule has 5 heteroatoms. The number of hydrogen-bond donors (Lipinski definition) is 1. The maximum absolute atomic E-state index is 12.7. The van der Waals surface area contributed by atoms with E-state index >= 15 is 0 Å². The number of nitrogens with zero attached hydrogens (tertiary/aromatic N) is 3. The van der Waals surface area contributed by atoms with Crippen molar-refractivity contribution in [1.82, 2.24) is 20.1 Å². The Morgan fingerprint density at radius 1 is 1.32 bits per heavy atom. The number of nitrogens with one attached hydrogen (secondary N) is 1. The molecule has 22 heavy (non-hydrogen) atoms. The molecule has 1 aliphatic rings. The number of carbonyl (C=O) groups excluding carboxylic acids is 1. The minimum atomic E-state index is -0.345. The van der Waals surface area contributed by atoms with Gasteiger partial charge in [0.25, 0.3) is 0 Å².